The molecule has 0 atom stereocenters. The van der Waals surface area contributed by atoms with Gasteiger partial charge in [-0.25, -0.2) is 14.2 Å². The van der Waals surface area contributed by atoms with Crippen LogP contribution in [0.4, 0.5) is 14.9 Å². The summed E-state index contributed by atoms with van der Waals surface area (Å²) in [5.74, 6) is -0.707. The summed E-state index contributed by atoms with van der Waals surface area (Å²) in [6.45, 7) is 5.20. The second-order valence-electron chi connectivity index (χ2n) is 6.75. The summed E-state index contributed by atoms with van der Waals surface area (Å²) in [4.78, 5) is 20.8. The first kappa shape index (κ1) is 19.0. The molecule has 0 fully saturated rings. The van der Waals surface area contributed by atoms with E-state index in [1.54, 1.807) is 20.8 Å². The molecule has 2 aromatic heterocycles. The first-order valence-electron chi connectivity index (χ1n) is 7.61. The number of hydrogen-bond donors (Lipinski definition) is 1. The number of hydrogen-bond acceptors (Lipinski definition) is 3. The van der Waals surface area contributed by atoms with Crippen LogP contribution in [0.5, 0.6) is 0 Å². The Kier molecular flexibility index (Phi) is 4.71. The summed E-state index contributed by atoms with van der Waals surface area (Å²) in [6, 6.07) is 1.23. The van der Waals surface area contributed by atoms with Crippen molar-refractivity contribution in [1.29, 1.82) is 0 Å². The number of carbonyl (C=O) groups is 1. The zero-order valence-electron chi connectivity index (χ0n) is 14.4. The molecule has 0 bridgehead atoms. The Balaban J connectivity index is 2.30. The summed E-state index contributed by atoms with van der Waals surface area (Å²) in [5, 5.41) is 1.10. The van der Waals surface area contributed by atoms with E-state index in [0.717, 1.165) is 4.90 Å². The molecule has 0 saturated heterocycles. The number of ether oxygens (including phenoxy) is 1. The zero-order valence-corrected chi connectivity index (χ0v) is 16.6. The van der Waals surface area contributed by atoms with Crippen molar-refractivity contribution in [2.45, 2.75) is 26.4 Å². The van der Waals surface area contributed by atoms with Crippen LogP contribution in [0.3, 0.4) is 0 Å². The Morgan fingerprint density at radius 3 is 2.54 bits per heavy atom. The lowest BCUT2D eigenvalue weighted by atomic mass is 10.1. The highest BCUT2D eigenvalue weighted by molar-refractivity contribution is 6.46. The number of halogens is 4. The maximum atomic E-state index is 14.5. The van der Waals surface area contributed by atoms with Crippen molar-refractivity contribution in [3.8, 4) is 0 Å². The SMILES string of the molecule is CN(C(=O)OC(C)(C)C)c1c(Cl)c(F)cc2c1[nH]c1ncc(Cl)c(Cl)c12. The van der Waals surface area contributed by atoms with Crippen LogP contribution in [0.15, 0.2) is 12.3 Å². The normalized spacial score (nSPS) is 12.0. The van der Waals surface area contributed by atoms with Gasteiger partial charge in [-0.2, -0.15) is 0 Å². The number of H-pyrrole nitrogens is 1. The van der Waals surface area contributed by atoms with Crippen molar-refractivity contribution in [1.82, 2.24) is 9.97 Å². The minimum absolute atomic E-state index is 0.126. The van der Waals surface area contributed by atoms with Gasteiger partial charge in [0.15, 0.2) is 0 Å². The molecule has 26 heavy (non-hydrogen) atoms. The van der Waals surface area contributed by atoms with Crippen LogP contribution in [0, 0.1) is 5.82 Å². The quantitative estimate of drug-likeness (QED) is 0.513. The number of aromatic amines is 1. The molecule has 1 amide bonds. The van der Waals surface area contributed by atoms with Gasteiger partial charge in [0.2, 0.25) is 0 Å². The first-order chi connectivity index (χ1) is 12.0. The topological polar surface area (TPSA) is 58.2 Å². The molecule has 1 N–H and O–H groups in total. The standard InChI is InChI=1S/C17H15Cl3FN3O2/c1-17(2,3)26-16(25)24(4)14-12(20)9(21)5-7-10-11(19)8(18)6-22-15(10)23-13(7)14/h5-6H,1-4H3,(H,22,23). The predicted molar refractivity (Wildman–Crippen MR) is 103 cm³/mol. The van der Waals surface area contributed by atoms with Crippen molar-refractivity contribution in [3.05, 3.63) is 33.1 Å². The van der Waals surface area contributed by atoms with Crippen molar-refractivity contribution >= 4 is 68.5 Å². The molecule has 0 aliphatic carbocycles. The largest absolute Gasteiger partial charge is 0.443 e. The van der Waals surface area contributed by atoms with Gasteiger partial charge in [0.1, 0.15) is 22.1 Å². The molecular formula is C17H15Cl3FN3O2. The Bertz CT molecular complexity index is 1040. The van der Waals surface area contributed by atoms with Gasteiger partial charge in [0.05, 0.1) is 21.2 Å². The average molecular weight is 419 g/mol. The second kappa shape index (κ2) is 6.44. The maximum absolute atomic E-state index is 14.5. The number of rotatable bonds is 1. The number of aromatic nitrogens is 2. The molecule has 1 aromatic carbocycles. The Hall–Kier alpha value is -1.76. The number of nitrogens with one attached hydrogen (secondary N) is 1. The van der Waals surface area contributed by atoms with Gasteiger partial charge in [-0.1, -0.05) is 34.8 Å². The summed E-state index contributed by atoms with van der Waals surface area (Å²) < 4.78 is 19.8. The molecule has 2 heterocycles. The molecular weight excluding hydrogens is 404 g/mol. The van der Waals surface area contributed by atoms with E-state index in [1.165, 1.54) is 19.3 Å². The molecule has 0 aliphatic heterocycles. The molecule has 3 aromatic rings. The highest BCUT2D eigenvalue weighted by Gasteiger charge is 2.27. The van der Waals surface area contributed by atoms with Crippen LogP contribution < -0.4 is 4.90 Å². The van der Waals surface area contributed by atoms with E-state index in [9.17, 15) is 9.18 Å². The van der Waals surface area contributed by atoms with Crippen LogP contribution >= 0.6 is 34.8 Å². The van der Waals surface area contributed by atoms with E-state index in [1.807, 2.05) is 0 Å². The van der Waals surface area contributed by atoms with Crippen molar-refractivity contribution < 1.29 is 13.9 Å². The van der Waals surface area contributed by atoms with E-state index in [0.29, 0.717) is 21.9 Å². The van der Waals surface area contributed by atoms with Gasteiger partial charge in [-0.3, -0.25) is 4.90 Å². The molecule has 3 rings (SSSR count). The van der Waals surface area contributed by atoms with Gasteiger partial charge in [-0.15, -0.1) is 0 Å². The van der Waals surface area contributed by atoms with Crippen LogP contribution in [0.25, 0.3) is 21.9 Å². The Labute approximate surface area is 164 Å². The molecule has 0 spiro atoms. The molecule has 0 aliphatic rings. The highest BCUT2D eigenvalue weighted by atomic mass is 35.5. The Morgan fingerprint density at radius 2 is 1.92 bits per heavy atom. The minimum Gasteiger partial charge on any atom is -0.443 e. The molecule has 0 unspecified atom stereocenters. The monoisotopic (exact) mass is 417 g/mol. The second-order valence-corrected chi connectivity index (χ2v) is 7.91. The van der Waals surface area contributed by atoms with Gasteiger partial charge in [-0.05, 0) is 26.8 Å². The van der Waals surface area contributed by atoms with E-state index in [2.05, 4.69) is 9.97 Å². The van der Waals surface area contributed by atoms with Crippen molar-refractivity contribution in [2.24, 2.45) is 0 Å². The smallest absolute Gasteiger partial charge is 0.414 e. The third-order valence-corrected chi connectivity index (χ3v) is 4.82. The number of pyridine rings is 1. The van der Waals surface area contributed by atoms with Crippen LogP contribution in [0.2, 0.25) is 15.1 Å². The maximum Gasteiger partial charge on any atom is 0.414 e. The Morgan fingerprint density at radius 1 is 1.27 bits per heavy atom. The third-order valence-electron chi connectivity index (χ3n) is 3.68. The van der Waals surface area contributed by atoms with Crippen LogP contribution in [-0.4, -0.2) is 28.7 Å². The highest BCUT2D eigenvalue weighted by Crippen LogP contribution is 2.42. The number of amides is 1. The number of carbonyl (C=O) groups excluding carboxylic acids is 1. The fraction of sp³-hybridized carbons (Fsp3) is 0.294. The summed E-state index contributed by atoms with van der Waals surface area (Å²) in [7, 11) is 1.45. The molecule has 0 radical (unpaired) electrons. The van der Waals surface area contributed by atoms with Crippen molar-refractivity contribution in [3.63, 3.8) is 0 Å². The summed E-state index contributed by atoms with van der Waals surface area (Å²) in [5.41, 5.74) is 0.204. The molecule has 0 saturated carbocycles. The van der Waals surface area contributed by atoms with E-state index in [4.69, 9.17) is 39.5 Å². The van der Waals surface area contributed by atoms with Gasteiger partial charge < -0.3 is 9.72 Å². The lowest BCUT2D eigenvalue weighted by Gasteiger charge is -2.25. The van der Waals surface area contributed by atoms with E-state index in [-0.39, 0.29) is 20.8 Å². The van der Waals surface area contributed by atoms with Gasteiger partial charge in [0.25, 0.3) is 0 Å². The van der Waals surface area contributed by atoms with E-state index >= 15 is 0 Å². The lowest BCUT2D eigenvalue weighted by Crippen LogP contribution is -2.34. The molecule has 5 nitrogen and oxygen atoms in total. The number of fused-ring (bicyclic) bond motifs is 3. The fourth-order valence-corrected chi connectivity index (χ4v) is 3.26. The van der Waals surface area contributed by atoms with Gasteiger partial charge >= 0.3 is 6.09 Å². The van der Waals surface area contributed by atoms with Crippen LogP contribution in [-0.2, 0) is 4.74 Å². The average Bonchev–Trinajstić information content (AvgIpc) is 2.88. The predicted octanol–water partition coefficient (Wildman–Crippen LogP) is 6.19. The number of nitrogens with zero attached hydrogens (tertiary/aromatic N) is 2. The zero-order chi connectivity index (χ0) is 19.4. The third kappa shape index (κ3) is 3.17. The lowest BCUT2D eigenvalue weighted by molar-refractivity contribution is 0.0589. The number of anilines is 1. The summed E-state index contributed by atoms with van der Waals surface area (Å²) in [6.07, 6.45) is 0.707. The minimum atomic E-state index is -0.719. The molecule has 9 heteroatoms. The first-order valence-corrected chi connectivity index (χ1v) is 8.74. The number of benzene rings is 1. The summed E-state index contributed by atoms with van der Waals surface area (Å²) >= 11 is 18.5. The van der Waals surface area contributed by atoms with Crippen molar-refractivity contribution in [2.75, 3.05) is 11.9 Å². The fourth-order valence-electron chi connectivity index (χ4n) is 2.60. The molecule has 138 valence electrons. The van der Waals surface area contributed by atoms with Crippen LogP contribution in [0.1, 0.15) is 20.8 Å². The van der Waals surface area contributed by atoms with E-state index < -0.39 is 17.5 Å². The van der Waals surface area contributed by atoms with Gasteiger partial charge in [0, 0.05) is 24.0 Å².